The molecule has 198 valence electrons. The van der Waals surface area contributed by atoms with Gasteiger partial charge in [0.25, 0.3) is 5.91 Å². The Bertz CT molecular complexity index is 1010. The summed E-state index contributed by atoms with van der Waals surface area (Å²) in [6.45, 7) is 6.99. The molecule has 0 fully saturated rings. The van der Waals surface area contributed by atoms with Crippen LogP contribution in [-0.4, -0.2) is 40.9 Å². The summed E-state index contributed by atoms with van der Waals surface area (Å²) in [5.41, 5.74) is 8.48. The van der Waals surface area contributed by atoms with Crippen LogP contribution in [0.4, 0.5) is 13.2 Å². The molecule has 4 N–H and O–H groups in total. The number of halogens is 3. The van der Waals surface area contributed by atoms with Crippen LogP contribution < -0.4 is 16.4 Å². The summed E-state index contributed by atoms with van der Waals surface area (Å²) >= 11 is 0. The number of aryl methyl sites for hydroxylation is 1. The van der Waals surface area contributed by atoms with Gasteiger partial charge >= 0.3 is 6.18 Å². The smallest absolute Gasteiger partial charge is 0.354 e. The number of nitrogens with one attached hydrogen (secondary N) is 2. The van der Waals surface area contributed by atoms with Crippen LogP contribution in [0.1, 0.15) is 55.4 Å². The number of nitrogens with two attached hydrogens (primary N) is 1. The highest BCUT2D eigenvalue weighted by Gasteiger charge is 2.18. The molecule has 10 heteroatoms. The molecule has 0 aliphatic heterocycles. The van der Waals surface area contributed by atoms with Crippen LogP contribution in [-0.2, 0) is 11.3 Å². The first kappa shape index (κ1) is 30.6. The van der Waals surface area contributed by atoms with Crippen molar-refractivity contribution in [3.8, 4) is 0 Å². The van der Waals surface area contributed by atoms with Crippen molar-refractivity contribution < 1.29 is 22.8 Å². The number of amides is 2. The molecule has 1 unspecified atom stereocenters. The number of carbonyl (C=O) groups is 2. The molecule has 0 saturated carbocycles. The average molecular weight is 508 g/mol. The lowest BCUT2D eigenvalue weighted by atomic mass is 10.0. The molecule has 3 rings (SSSR count). The van der Waals surface area contributed by atoms with Gasteiger partial charge in [0.05, 0.1) is 17.9 Å². The predicted molar refractivity (Wildman–Crippen MR) is 136 cm³/mol. The van der Waals surface area contributed by atoms with Crippen molar-refractivity contribution >= 4 is 17.5 Å². The number of rotatable bonds is 7. The van der Waals surface area contributed by atoms with Crippen LogP contribution in [0.3, 0.4) is 0 Å². The largest absolute Gasteiger partial charge is 0.386 e. The van der Waals surface area contributed by atoms with Gasteiger partial charge in [0, 0.05) is 20.0 Å². The van der Waals surface area contributed by atoms with Gasteiger partial charge in [0.15, 0.2) is 0 Å². The fourth-order valence-electron chi connectivity index (χ4n) is 3.24. The van der Waals surface area contributed by atoms with E-state index in [4.69, 9.17) is 5.73 Å². The van der Waals surface area contributed by atoms with Crippen molar-refractivity contribution in [2.45, 2.75) is 53.3 Å². The molecule has 36 heavy (non-hydrogen) atoms. The molecular weight excluding hydrogens is 471 g/mol. The summed E-state index contributed by atoms with van der Waals surface area (Å²) in [4.78, 5) is 24.3. The van der Waals surface area contributed by atoms with Crippen molar-refractivity contribution in [1.82, 2.24) is 20.4 Å². The molecule has 1 aromatic heterocycles. The Morgan fingerprint density at radius 3 is 2.42 bits per heavy atom. The third-order valence-electron chi connectivity index (χ3n) is 4.75. The second kappa shape index (κ2) is 15.6. The Hall–Kier alpha value is -3.40. The summed E-state index contributed by atoms with van der Waals surface area (Å²) < 4.78 is 32.7. The van der Waals surface area contributed by atoms with Gasteiger partial charge in [-0.2, -0.15) is 18.3 Å². The third kappa shape index (κ3) is 11.8. The first-order valence-corrected chi connectivity index (χ1v) is 11.9. The maximum absolute atomic E-state index is 12.8. The zero-order valence-electron chi connectivity index (χ0n) is 21.2. The van der Waals surface area contributed by atoms with E-state index in [1.165, 1.54) is 0 Å². The van der Waals surface area contributed by atoms with Crippen molar-refractivity contribution in [2.24, 2.45) is 11.7 Å². The fourth-order valence-corrected chi connectivity index (χ4v) is 3.24. The fraction of sp³-hybridized carbons (Fsp3) is 0.423. The summed E-state index contributed by atoms with van der Waals surface area (Å²) in [5, 5.41) is 10.3. The highest BCUT2D eigenvalue weighted by Crippen LogP contribution is 2.21. The van der Waals surface area contributed by atoms with Crippen molar-refractivity contribution in [2.75, 3.05) is 13.1 Å². The highest BCUT2D eigenvalue weighted by atomic mass is 19.4. The van der Waals surface area contributed by atoms with E-state index in [1.807, 2.05) is 57.2 Å². The number of hydrogen-bond acceptors (Lipinski definition) is 4. The first-order valence-electron chi connectivity index (χ1n) is 11.9. The number of benzene rings is 1. The van der Waals surface area contributed by atoms with E-state index >= 15 is 0 Å². The molecule has 1 heterocycles. The van der Waals surface area contributed by atoms with Crippen LogP contribution in [0.2, 0.25) is 0 Å². The Morgan fingerprint density at radius 2 is 1.81 bits per heavy atom. The zero-order chi connectivity index (χ0) is 27.1. The third-order valence-corrected chi connectivity index (χ3v) is 4.75. The molecule has 2 aromatic rings. The lowest BCUT2D eigenvalue weighted by Gasteiger charge is -2.14. The van der Waals surface area contributed by atoms with Crippen molar-refractivity contribution in [3.05, 3.63) is 71.6 Å². The number of hydrogen-bond donors (Lipinski definition) is 3. The number of carbonyl (C=O) groups excluding carboxylic acids is 2. The van der Waals surface area contributed by atoms with E-state index < -0.39 is 6.18 Å². The Labute approximate surface area is 210 Å². The number of allylic oxidation sites excluding steroid dienone is 3. The van der Waals surface area contributed by atoms with E-state index in [1.54, 1.807) is 10.7 Å². The minimum absolute atomic E-state index is 0.0222. The molecule has 0 spiro atoms. The van der Waals surface area contributed by atoms with Gasteiger partial charge in [-0.25, -0.2) is 4.68 Å². The lowest BCUT2D eigenvalue weighted by molar-refractivity contribution is -0.119. The minimum Gasteiger partial charge on any atom is -0.354 e. The Kier molecular flexibility index (Phi) is 13.2. The van der Waals surface area contributed by atoms with E-state index in [0.29, 0.717) is 18.8 Å². The molecule has 1 aliphatic carbocycles. The summed E-state index contributed by atoms with van der Waals surface area (Å²) in [7, 11) is 0. The van der Waals surface area contributed by atoms with Crippen LogP contribution in [0.5, 0.6) is 0 Å². The summed E-state index contributed by atoms with van der Waals surface area (Å²) in [5.74, 6) is -0.214. The lowest BCUT2D eigenvalue weighted by Crippen LogP contribution is -2.33. The minimum atomic E-state index is -4.00. The predicted octanol–water partition coefficient (Wildman–Crippen LogP) is 4.60. The van der Waals surface area contributed by atoms with Gasteiger partial charge < -0.3 is 16.4 Å². The first-order chi connectivity index (χ1) is 17.1. The molecule has 2 amide bonds. The van der Waals surface area contributed by atoms with Gasteiger partial charge in [0.2, 0.25) is 5.91 Å². The van der Waals surface area contributed by atoms with E-state index in [2.05, 4.69) is 27.9 Å². The second-order valence-corrected chi connectivity index (χ2v) is 7.87. The van der Waals surface area contributed by atoms with Gasteiger partial charge in [-0.1, -0.05) is 56.3 Å². The maximum atomic E-state index is 12.8. The maximum Gasteiger partial charge on any atom is 0.386 e. The van der Waals surface area contributed by atoms with Gasteiger partial charge in [0.1, 0.15) is 5.69 Å². The molecule has 1 aromatic carbocycles. The zero-order valence-corrected chi connectivity index (χ0v) is 21.2. The van der Waals surface area contributed by atoms with Crippen molar-refractivity contribution in [3.63, 3.8) is 0 Å². The van der Waals surface area contributed by atoms with Crippen LogP contribution in [0.15, 0.2) is 54.6 Å². The molecule has 1 aliphatic rings. The monoisotopic (exact) mass is 507 g/mol. The quantitative estimate of drug-likeness (QED) is 0.510. The molecule has 0 saturated heterocycles. The molecule has 0 radical (unpaired) electrons. The van der Waals surface area contributed by atoms with Crippen LogP contribution in [0.25, 0.3) is 5.70 Å². The topological polar surface area (TPSA) is 102 Å². The van der Waals surface area contributed by atoms with Crippen molar-refractivity contribution in [1.29, 1.82) is 0 Å². The molecular formula is C26H36F3N5O2. The number of aromatic nitrogens is 2. The average Bonchev–Trinajstić information content (AvgIpc) is 3.08. The SMILES string of the molecule is CC.CC(F)(F)F.Cc1cc(C(=O)NCc2ccccc2)n(C2=CC(CNC(=O)CN)CCC=C2)n1. The van der Waals surface area contributed by atoms with Gasteiger partial charge in [-0.3, -0.25) is 9.59 Å². The normalized spacial score (nSPS) is 14.8. The van der Waals surface area contributed by atoms with Gasteiger partial charge in [-0.15, -0.1) is 0 Å². The number of alkyl halides is 3. The highest BCUT2D eigenvalue weighted by molar-refractivity contribution is 5.94. The van der Waals surface area contributed by atoms with Gasteiger partial charge in [-0.05, 0) is 43.4 Å². The molecule has 7 nitrogen and oxygen atoms in total. The van der Waals surface area contributed by atoms with E-state index in [-0.39, 0.29) is 31.2 Å². The van der Waals surface area contributed by atoms with Crippen LogP contribution >= 0.6 is 0 Å². The molecule has 0 bridgehead atoms. The standard InChI is InChI=1S/C22H27N5O2.C2H3F3.C2H6/c1-16-11-20(22(29)25-14-17-7-3-2-4-8-17)27(26-16)19-10-6-5-9-18(12-19)15-24-21(28)13-23;1-2(3,4)5;1-2/h2-4,6-8,10-12,18H,5,9,13-15,23H2,1H3,(H,24,28)(H,25,29);1H3;1-2H3. The summed E-state index contributed by atoms with van der Waals surface area (Å²) in [6.07, 6.45) is 3.89. The number of nitrogens with zero attached hydrogens (tertiary/aromatic N) is 2. The van der Waals surface area contributed by atoms with Crippen LogP contribution in [0, 0.1) is 12.8 Å². The van der Waals surface area contributed by atoms with E-state index in [9.17, 15) is 22.8 Å². The Morgan fingerprint density at radius 1 is 1.17 bits per heavy atom. The Balaban J connectivity index is 0.000000826. The molecule has 1 atom stereocenters. The summed E-state index contributed by atoms with van der Waals surface area (Å²) in [6, 6.07) is 11.6. The second-order valence-electron chi connectivity index (χ2n) is 7.87. The van der Waals surface area contributed by atoms with E-state index in [0.717, 1.165) is 29.8 Å².